The SMILES string of the molecule is CCCn1cnnc1C1CN(C(=O)c2cccc(OC)c2C)CC12CCC2. The monoisotopic (exact) mass is 368 g/mol. The van der Waals surface area contributed by atoms with Crippen molar-refractivity contribution in [3.63, 3.8) is 0 Å². The van der Waals surface area contributed by atoms with Gasteiger partial charge >= 0.3 is 0 Å². The van der Waals surface area contributed by atoms with Gasteiger partial charge in [-0.1, -0.05) is 19.4 Å². The molecule has 2 aliphatic rings. The molecule has 1 aliphatic heterocycles. The van der Waals surface area contributed by atoms with Crippen molar-refractivity contribution in [1.82, 2.24) is 19.7 Å². The van der Waals surface area contributed by atoms with Crippen molar-refractivity contribution in [2.75, 3.05) is 20.2 Å². The normalized spacial score (nSPS) is 20.7. The van der Waals surface area contributed by atoms with Gasteiger partial charge < -0.3 is 14.2 Å². The first-order valence-corrected chi connectivity index (χ1v) is 9.90. The van der Waals surface area contributed by atoms with Gasteiger partial charge in [-0.2, -0.15) is 0 Å². The minimum atomic E-state index is 0.0988. The molecule has 1 atom stereocenters. The number of hydrogen-bond donors (Lipinski definition) is 0. The predicted molar refractivity (Wildman–Crippen MR) is 103 cm³/mol. The number of aromatic nitrogens is 3. The number of benzene rings is 1. The van der Waals surface area contributed by atoms with Crippen LogP contribution >= 0.6 is 0 Å². The zero-order valence-corrected chi connectivity index (χ0v) is 16.4. The minimum Gasteiger partial charge on any atom is -0.496 e. The molecular formula is C21H28N4O2. The third-order valence-electron chi connectivity index (χ3n) is 6.44. The molecule has 27 heavy (non-hydrogen) atoms. The number of likely N-dealkylation sites (tertiary alicyclic amines) is 1. The summed E-state index contributed by atoms with van der Waals surface area (Å²) < 4.78 is 7.58. The number of hydrogen-bond acceptors (Lipinski definition) is 4. The summed E-state index contributed by atoms with van der Waals surface area (Å²) in [5.41, 5.74) is 1.81. The number of carbonyl (C=O) groups excluding carboxylic acids is 1. The quantitative estimate of drug-likeness (QED) is 0.811. The topological polar surface area (TPSA) is 60.2 Å². The van der Waals surface area contributed by atoms with Gasteiger partial charge in [0.15, 0.2) is 0 Å². The zero-order valence-electron chi connectivity index (χ0n) is 16.4. The summed E-state index contributed by atoms with van der Waals surface area (Å²) in [5.74, 6) is 2.18. The van der Waals surface area contributed by atoms with Crippen molar-refractivity contribution in [1.29, 1.82) is 0 Å². The Labute approximate surface area is 160 Å². The highest BCUT2D eigenvalue weighted by atomic mass is 16.5. The molecular weight excluding hydrogens is 340 g/mol. The van der Waals surface area contributed by atoms with Gasteiger partial charge in [-0.15, -0.1) is 10.2 Å². The first kappa shape index (κ1) is 18.0. The maximum absolute atomic E-state index is 13.3. The summed E-state index contributed by atoms with van der Waals surface area (Å²) in [6.45, 7) is 6.58. The number of ether oxygens (including phenoxy) is 1. The van der Waals surface area contributed by atoms with Crippen LogP contribution in [0.2, 0.25) is 0 Å². The van der Waals surface area contributed by atoms with Crippen molar-refractivity contribution in [2.45, 2.75) is 52.0 Å². The van der Waals surface area contributed by atoms with E-state index in [1.54, 1.807) is 7.11 Å². The number of carbonyl (C=O) groups is 1. The molecule has 1 saturated carbocycles. The largest absolute Gasteiger partial charge is 0.496 e. The molecule has 144 valence electrons. The van der Waals surface area contributed by atoms with E-state index in [9.17, 15) is 4.79 Å². The second-order valence-electron chi connectivity index (χ2n) is 7.97. The summed E-state index contributed by atoms with van der Waals surface area (Å²) in [4.78, 5) is 15.3. The molecule has 6 heteroatoms. The first-order chi connectivity index (χ1) is 13.1. The lowest BCUT2D eigenvalue weighted by atomic mass is 9.62. The highest BCUT2D eigenvalue weighted by Gasteiger charge is 2.53. The van der Waals surface area contributed by atoms with Crippen LogP contribution in [0.25, 0.3) is 0 Å². The van der Waals surface area contributed by atoms with Crippen molar-refractivity contribution in [3.05, 3.63) is 41.5 Å². The van der Waals surface area contributed by atoms with E-state index in [0.717, 1.165) is 61.6 Å². The molecule has 4 rings (SSSR count). The van der Waals surface area contributed by atoms with E-state index in [0.29, 0.717) is 0 Å². The summed E-state index contributed by atoms with van der Waals surface area (Å²) in [5, 5.41) is 8.63. The molecule has 1 spiro atoms. The van der Waals surface area contributed by atoms with Gasteiger partial charge in [-0.25, -0.2) is 0 Å². The Morgan fingerprint density at radius 3 is 2.85 bits per heavy atom. The van der Waals surface area contributed by atoms with E-state index in [4.69, 9.17) is 4.74 Å². The summed E-state index contributed by atoms with van der Waals surface area (Å²) in [6.07, 6.45) is 6.45. The molecule has 2 fully saturated rings. The lowest BCUT2D eigenvalue weighted by Crippen LogP contribution is -2.38. The van der Waals surface area contributed by atoms with Gasteiger partial charge in [0, 0.05) is 36.7 Å². The molecule has 1 aromatic carbocycles. The highest BCUT2D eigenvalue weighted by molar-refractivity contribution is 5.96. The van der Waals surface area contributed by atoms with Crippen molar-refractivity contribution in [3.8, 4) is 5.75 Å². The van der Waals surface area contributed by atoms with E-state index in [1.807, 2.05) is 36.4 Å². The van der Waals surface area contributed by atoms with Gasteiger partial charge in [0.05, 0.1) is 7.11 Å². The maximum Gasteiger partial charge on any atom is 0.254 e. The second-order valence-corrected chi connectivity index (χ2v) is 7.97. The number of aryl methyl sites for hydroxylation is 1. The van der Waals surface area contributed by atoms with Gasteiger partial charge in [-0.3, -0.25) is 4.79 Å². The minimum absolute atomic E-state index is 0.0988. The fourth-order valence-corrected chi connectivity index (χ4v) is 4.80. The van der Waals surface area contributed by atoms with Crippen LogP contribution in [-0.4, -0.2) is 45.8 Å². The van der Waals surface area contributed by atoms with Crippen LogP contribution in [0.5, 0.6) is 5.75 Å². The molecule has 1 saturated heterocycles. The molecule has 2 heterocycles. The third kappa shape index (κ3) is 2.91. The lowest BCUT2D eigenvalue weighted by molar-refractivity contribution is 0.0722. The van der Waals surface area contributed by atoms with Crippen LogP contribution in [0.1, 0.15) is 60.3 Å². The van der Waals surface area contributed by atoms with Crippen molar-refractivity contribution >= 4 is 5.91 Å². The van der Waals surface area contributed by atoms with E-state index in [2.05, 4.69) is 21.7 Å². The molecule has 1 amide bonds. The molecule has 2 aromatic rings. The Morgan fingerprint density at radius 1 is 1.37 bits per heavy atom. The Morgan fingerprint density at radius 2 is 2.19 bits per heavy atom. The molecule has 1 aliphatic carbocycles. The number of rotatable bonds is 5. The molecule has 1 unspecified atom stereocenters. The smallest absolute Gasteiger partial charge is 0.254 e. The van der Waals surface area contributed by atoms with Gasteiger partial charge in [0.2, 0.25) is 0 Å². The molecule has 6 nitrogen and oxygen atoms in total. The average molecular weight is 368 g/mol. The first-order valence-electron chi connectivity index (χ1n) is 9.90. The second kappa shape index (κ2) is 6.98. The molecule has 1 aromatic heterocycles. The number of amides is 1. The lowest BCUT2D eigenvalue weighted by Gasteiger charge is -2.42. The van der Waals surface area contributed by atoms with Crippen LogP contribution in [0.4, 0.5) is 0 Å². The number of methoxy groups -OCH3 is 1. The highest BCUT2D eigenvalue weighted by Crippen LogP contribution is 2.55. The van der Waals surface area contributed by atoms with E-state index in [-0.39, 0.29) is 17.2 Å². The maximum atomic E-state index is 13.3. The fourth-order valence-electron chi connectivity index (χ4n) is 4.80. The Kier molecular flexibility index (Phi) is 4.66. The van der Waals surface area contributed by atoms with E-state index in [1.165, 1.54) is 6.42 Å². The van der Waals surface area contributed by atoms with Crippen LogP contribution < -0.4 is 4.74 Å². The Bertz CT molecular complexity index is 840. The fraction of sp³-hybridized carbons (Fsp3) is 0.571. The van der Waals surface area contributed by atoms with Gasteiger partial charge in [0.25, 0.3) is 5.91 Å². The van der Waals surface area contributed by atoms with E-state index >= 15 is 0 Å². The summed E-state index contributed by atoms with van der Waals surface area (Å²) >= 11 is 0. The standard InChI is InChI=1S/C21H28N4O2/c1-4-11-24-14-22-23-19(24)17-12-25(13-21(17)9-6-10-21)20(26)16-7-5-8-18(27-3)15(16)2/h5,7-8,14,17H,4,6,9-13H2,1-3H3. The summed E-state index contributed by atoms with van der Waals surface area (Å²) in [7, 11) is 1.65. The van der Waals surface area contributed by atoms with Crippen LogP contribution in [0, 0.1) is 12.3 Å². The van der Waals surface area contributed by atoms with Crippen LogP contribution in [0.15, 0.2) is 24.5 Å². The van der Waals surface area contributed by atoms with Crippen LogP contribution in [-0.2, 0) is 6.54 Å². The van der Waals surface area contributed by atoms with E-state index < -0.39 is 0 Å². The molecule has 0 bridgehead atoms. The molecule has 0 N–H and O–H groups in total. The van der Waals surface area contributed by atoms with Crippen molar-refractivity contribution < 1.29 is 9.53 Å². The van der Waals surface area contributed by atoms with Crippen molar-refractivity contribution in [2.24, 2.45) is 5.41 Å². The summed E-state index contributed by atoms with van der Waals surface area (Å²) in [6, 6.07) is 5.70. The Balaban J connectivity index is 1.63. The average Bonchev–Trinajstić information content (AvgIpc) is 3.25. The number of nitrogens with zero attached hydrogens (tertiary/aromatic N) is 4. The van der Waals surface area contributed by atoms with Crippen LogP contribution in [0.3, 0.4) is 0 Å². The Hall–Kier alpha value is -2.37. The molecule has 0 radical (unpaired) electrons. The zero-order chi connectivity index (χ0) is 19.0. The third-order valence-corrected chi connectivity index (χ3v) is 6.44. The van der Waals surface area contributed by atoms with Gasteiger partial charge in [0.1, 0.15) is 17.9 Å². The predicted octanol–water partition coefficient (Wildman–Crippen LogP) is 3.42. The van der Waals surface area contributed by atoms with Gasteiger partial charge in [-0.05, 0) is 43.7 Å².